The molecule has 94 valence electrons. The first-order valence-corrected chi connectivity index (χ1v) is 6.15. The Hall–Kier alpha value is -1.36. The molecule has 2 heterocycles. The number of amides is 1. The minimum absolute atomic E-state index is 0.0976. The molecular weight excluding hydrogens is 216 g/mol. The third-order valence-corrected chi connectivity index (χ3v) is 3.32. The van der Waals surface area contributed by atoms with Gasteiger partial charge in [-0.05, 0) is 26.3 Å². The van der Waals surface area contributed by atoms with E-state index in [1.807, 2.05) is 13.2 Å². The summed E-state index contributed by atoms with van der Waals surface area (Å²) in [6, 6.07) is 0.276. The lowest BCUT2D eigenvalue weighted by atomic mass is 9.91. The van der Waals surface area contributed by atoms with Gasteiger partial charge in [0.1, 0.15) is 0 Å². The maximum atomic E-state index is 12.0. The molecule has 2 N–H and O–H groups in total. The number of rotatable bonds is 3. The topological polar surface area (TPSA) is 59.0 Å². The van der Waals surface area contributed by atoms with E-state index in [1.165, 1.54) is 0 Å². The van der Waals surface area contributed by atoms with Crippen LogP contribution in [0.2, 0.25) is 0 Å². The fourth-order valence-corrected chi connectivity index (χ4v) is 2.29. The van der Waals surface area contributed by atoms with Gasteiger partial charge in [0, 0.05) is 31.4 Å². The highest BCUT2D eigenvalue weighted by atomic mass is 16.1. The number of carbonyl (C=O) groups is 1. The van der Waals surface area contributed by atoms with Crippen LogP contribution in [0.3, 0.4) is 0 Å². The minimum atomic E-state index is 0.0976. The molecule has 1 aliphatic rings. The van der Waals surface area contributed by atoms with Crippen LogP contribution < -0.4 is 10.6 Å². The van der Waals surface area contributed by atoms with Gasteiger partial charge in [0.15, 0.2) is 0 Å². The Morgan fingerprint density at radius 3 is 3.18 bits per heavy atom. The normalized spacial score (nSPS) is 24.6. The average molecular weight is 236 g/mol. The van der Waals surface area contributed by atoms with Gasteiger partial charge < -0.3 is 10.6 Å². The van der Waals surface area contributed by atoms with Crippen molar-refractivity contribution in [3.63, 3.8) is 0 Å². The van der Waals surface area contributed by atoms with E-state index in [0.717, 1.165) is 24.9 Å². The molecule has 1 fully saturated rings. The van der Waals surface area contributed by atoms with Gasteiger partial charge in [-0.15, -0.1) is 0 Å². The predicted molar refractivity (Wildman–Crippen MR) is 65.2 cm³/mol. The summed E-state index contributed by atoms with van der Waals surface area (Å²) in [7, 11) is 1.87. The zero-order valence-corrected chi connectivity index (χ0v) is 10.4. The third-order valence-electron chi connectivity index (χ3n) is 3.32. The van der Waals surface area contributed by atoms with Gasteiger partial charge in [-0.2, -0.15) is 5.10 Å². The maximum absolute atomic E-state index is 12.0. The van der Waals surface area contributed by atoms with Crippen molar-refractivity contribution in [2.75, 3.05) is 6.54 Å². The smallest absolute Gasteiger partial charge is 0.224 e. The van der Waals surface area contributed by atoms with Crippen LogP contribution in [0, 0.1) is 5.92 Å². The highest BCUT2D eigenvalue weighted by Crippen LogP contribution is 2.16. The molecule has 2 rings (SSSR count). The molecule has 0 saturated carbocycles. The van der Waals surface area contributed by atoms with E-state index < -0.39 is 0 Å². The molecule has 0 radical (unpaired) electrons. The quantitative estimate of drug-likeness (QED) is 0.800. The van der Waals surface area contributed by atoms with E-state index in [2.05, 4.69) is 22.7 Å². The van der Waals surface area contributed by atoms with E-state index in [-0.39, 0.29) is 17.9 Å². The molecule has 0 bridgehead atoms. The lowest BCUT2D eigenvalue weighted by Crippen LogP contribution is -2.46. The van der Waals surface area contributed by atoms with Gasteiger partial charge in [-0.25, -0.2) is 0 Å². The van der Waals surface area contributed by atoms with Crippen molar-refractivity contribution in [1.29, 1.82) is 0 Å². The van der Waals surface area contributed by atoms with Crippen LogP contribution in [0.15, 0.2) is 12.4 Å². The lowest BCUT2D eigenvalue weighted by Gasteiger charge is -2.28. The van der Waals surface area contributed by atoms with Crippen LogP contribution in [-0.2, 0) is 18.4 Å². The van der Waals surface area contributed by atoms with Crippen LogP contribution in [0.4, 0.5) is 0 Å². The number of aryl methyl sites for hydroxylation is 1. The number of hydrogen-bond donors (Lipinski definition) is 2. The summed E-state index contributed by atoms with van der Waals surface area (Å²) in [5, 5.41) is 10.4. The zero-order valence-electron chi connectivity index (χ0n) is 10.4. The number of hydrogen-bond acceptors (Lipinski definition) is 3. The van der Waals surface area contributed by atoms with E-state index in [1.54, 1.807) is 10.9 Å². The molecule has 0 aromatic carbocycles. The molecule has 0 aliphatic carbocycles. The van der Waals surface area contributed by atoms with Crippen molar-refractivity contribution >= 4 is 5.91 Å². The van der Waals surface area contributed by atoms with Crippen molar-refractivity contribution < 1.29 is 4.79 Å². The molecule has 2 unspecified atom stereocenters. The van der Waals surface area contributed by atoms with Crippen molar-refractivity contribution in [3.05, 3.63) is 18.0 Å². The van der Waals surface area contributed by atoms with Crippen molar-refractivity contribution in [1.82, 2.24) is 20.4 Å². The predicted octanol–water partition coefficient (Wildman–Crippen LogP) is 0.424. The zero-order chi connectivity index (χ0) is 12.3. The SMILES string of the molecule is CC1NCCCC1C(=O)NCc1cnn(C)c1. The Morgan fingerprint density at radius 1 is 1.71 bits per heavy atom. The fourth-order valence-electron chi connectivity index (χ4n) is 2.29. The molecule has 1 aliphatic heterocycles. The van der Waals surface area contributed by atoms with Gasteiger partial charge in [-0.3, -0.25) is 9.48 Å². The van der Waals surface area contributed by atoms with E-state index in [4.69, 9.17) is 0 Å². The monoisotopic (exact) mass is 236 g/mol. The van der Waals surface area contributed by atoms with Gasteiger partial charge >= 0.3 is 0 Å². The molecule has 2 atom stereocenters. The molecule has 0 spiro atoms. The molecule has 1 amide bonds. The Kier molecular flexibility index (Phi) is 3.78. The Labute approximate surface area is 102 Å². The molecule has 17 heavy (non-hydrogen) atoms. The Balaban J connectivity index is 1.84. The largest absolute Gasteiger partial charge is 0.352 e. The van der Waals surface area contributed by atoms with Crippen molar-refractivity contribution in [2.24, 2.45) is 13.0 Å². The fraction of sp³-hybridized carbons (Fsp3) is 0.667. The standard InChI is InChI=1S/C12H20N4O/c1-9-11(4-3-5-13-9)12(17)14-6-10-7-15-16(2)8-10/h7-9,11,13H,3-6H2,1-2H3,(H,14,17). The van der Waals surface area contributed by atoms with Crippen LogP contribution in [0.5, 0.6) is 0 Å². The highest BCUT2D eigenvalue weighted by Gasteiger charge is 2.27. The first-order valence-electron chi connectivity index (χ1n) is 6.15. The summed E-state index contributed by atoms with van der Waals surface area (Å²) in [4.78, 5) is 12.0. The summed E-state index contributed by atoms with van der Waals surface area (Å²) in [5.74, 6) is 0.244. The first-order chi connectivity index (χ1) is 8.16. The van der Waals surface area contributed by atoms with Gasteiger partial charge in [-0.1, -0.05) is 0 Å². The maximum Gasteiger partial charge on any atom is 0.224 e. The van der Waals surface area contributed by atoms with Gasteiger partial charge in [0.05, 0.1) is 12.1 Å². The molecule has 1 saturated heterocycles. The van der Waals surface area contributed by atoms with Crippen molar-refractivity contribution in [3.8, 4) is 0 Å². The van der Waals surface area contributed by atoms with Gasteiger partial charge in [0.2, 0.25) is 5.91 Å². The van der Waals surface area contributed by atoms with Crippen molar-refractivity contribution in [2.45, 2.75) is 32.4 Å². The minimum Gasteiger partial charge on any atom is -0.352 e. The second-order valence-electron chi connectivity index (χ2n) is 4.73. The Morgan fingerprint density at radius 2 is 2.53 bits per heavy atom. The van der Waals surface area contributed by atoms with E-state index >= 15 is 0 Å². The lowest BCUT2D eigenvalue weighted by molar-refractivity contribution is -0.126. The number of nitrogens with one attached hydrogen (secondary N) is 2. The van der Waals surface area contributed by atoms with E-state index in [9.17, 15) is 4.79 Å². The first kappa shape index (κ1) is 12.1. The summed E-state index contributed by atoms with van der Waals surface area (Å²) >= 11 is 0. The molecule has 1 aromatic heterocycles. The molecule has 5 heteroatoms. The Bertz CT molecular complexity index is 388. The number of carbonyl (C=O) groups excluding carboxylic acids is 1. The average Bonchev–Trinajstić information content (AvgIpc) is 2.73. The second kappa shape index (κ2) is 5.31. The number of piperidine rings is 1. The van der Waals surface area contributed by atoms with Crippen LogP contribution in [0.25, 0.3) is 0 Å². The summed E-state index contributed by atoms with van der Waals surface area (Å²) in [6.07, 6.45) is 5.76. The molecule has 1 aromatic rings. The summed E-state index contributed by atoms with van der Waals surface area (Å²) in [6.45, 7) is 3.66. The van der Waals surface area contributed by atoms with Crippen LogP contribution >= 0.6 is 0 Å². The van der Waals surface area contributed by atoms with Crippen LogP contribution in [0.1, 0.15) is 25.3 Å². The summed E-state index contributed by atoms with van der Waals surface area (Å²) < 4.78 is 1.74. The number of aromatic nitrogens is 2. The highest BCUT2D eigenvalue weighted by molar-refractivity contribution is 5.79. The van der Waals surface area contributed by atoms with Gasteiger partial charge in [0.25, 0.3) is 0 Å². The number of nitrogens with zero attached hydrogens (tertiary/aromatic N) is 2. The molecular formula is C12H20N4O. The van der Waals surface area contributed by atoms with E-state index in [0.29, 0.717) is 6.54 Å². The summed E-state index contributed by atoms with van der Waals surface area (Å²) in [5.41, 5.74) is 1.04. The van der Waals surface area contributed by atoms with Crippen LogP contribution in [-0.4, -0.2) is 28.3 Å². The molecule has 5 nitrogen and oxygen atoms in total. The third kappa shape index (κ3) is 3.06. The second-order valence-corrected chi connectivity index (χ2v) is 4.73.